The van der Waals surface area contributed by atoms with Crippen LogP contribution >= 0.6 is 0 Å². The average Bonchev–Trinajstić information content (AvgIpc) is 2.15. The Kier molecular flexibility index (Phi) is 5.53. The van der Waals surface area contributed by atoms with Crippen molar-refractivity contribution in [2.45, 2.75) is 45.0 Å². The third-order valence-corrected chi connectivity index (χ3v) is 2.57. The number of aliphatic hydroxyl groups excluding tert-OH is 2. The molecule has 0 bridgehead atoms. The molecule has 0 aromatic carbocycles. The van der Waals surface area contributed by atoms with E-state index >= 15 is 0 Å². The third kappa shape index (κ3) is 5.47. The predicted molar refractivity (Wildman–Crippen MR) is 58.8 cm³/mol. The van der Waals surface area contributed by atoms with Gasteiger partial charge in [-0.05, 0) is 33.2 Å². The summed E-state index contributed by atoms with van der Waals surface area (Å²) in [5, 5.41) is 19.1. The highest BCUT2D eigenvalue weighted by Gasteiger charge is 2.19. The predicted octanol–water partition coefficient (Wildman–Crippen LogP) is 0.229. The van der Waals surface area contributed by atoms with Gasteiger partial charge in [0.05, 0.1) is 24.9 Å². The number of nitrogens with zero attached hydrogens (tertiary/aromatic N) is 1. The lowest BCUT2D eigenvalue weighted by Crippen LogP contribution is -2.43. The van der Waals surface area contributed by atoms with Crippen molar-refractivity contribution >= 4 is 0 Å². The lowest BCUT2D eigenvalue weighted by Gasteiger charge is -2.31. The van der Waals surface area contributed by atoms with Gasteiger partial charge in [-0.2, -0.15) is 0 Å². The molecular weight excluding hydrogens is 194 g/mol. The van der Waals surface area contributed by atoms with Crippen LogP contribution in [0, 0.1) is 0 Å². The van der Waals surface area contributed by atoms with Crippen molar-refractivity contribution in [2.24, 2.45) is 0 Å². The molecule has 1 saturated heterocycles. The summed E-state index contributed by atoms with van der Waals surface area (Å²) in [6, 6.07) is 0. The highest BCUT2D eigenvalue weighted by atomic mass is 16.5. The van der Waals surface area contributed by atoms with Crippen molar-refractivity contribution in [3.05, 3.63) is 0 Å². The van der Waals surface area contributed by atoms with Gasteiger partial charge in [0, 0.05) is 13.1 Å². The minimum Gasteiger partial charge on any atom is -0.392 e. The molecule has 15 heavy (non-hydrogen) atoms. The maximum Gasteiger partial charge on any atom is 0.0900 e. The van der Waals surface area contributed by atoms with E-state index in [0.29, 0.717) is 19.7 Å². The second kappa shape index (κ2) is 6.43. The average molecular weight is 217 g/mol. The quantitative estimate of drug-likeness (QED) is 0.692. The van der Waals surface area contributed by atoms with Crippen molar-refractivity contribution < 1.29 is 14.9 Å². The van der Waals surface area contributed by atoms with Crippen LogP contribution in [0.25, 0.3) is 0 Å². The van der Waals surface area contributed by atoms with Gasteiger partial charge in [-0.25, -0.2) is 0 Å². The van der Waals surface area contributed by atoms with Gasteiger partial charge in [-0.3, -0.25) is 4.90 Å². The maximum atomic E-state index is 9.69. The summed E-state index contributed by atoms with van der Waals surface area (Å²) in [6.45, 7) is 6.54. The Labute approximate surface area is 91.8 Å². The van der Waals surface area contributed by atoms with Gasteiger partial charge in [0.2, 0.25) is 0 Å². The molecule has 4 nitrogen and oxygen atoms in total. The molecule has 0 aliphatic carbocycles. The van der Waals surface area contributed by atoms with Crippen LogP contribution in [-0.4, -0.2) is 59.7 Å². The van der Waals surface area contributed by atoms with E-state index in [2.05, 4.69) is 4.90 Å². The zero-order valence-corrected chi connectivity index (χ0v) is 9.72. The van der Waals surface area contributed by atoms with E-state index in [-0.39, 0.29) is 12.2 Å². The minimum absolute atomic E-state index is 0.159. The molecule has 1 aliphatic rings. The summed E-state index contributed by atoms with van der Waals surface area (Å²) in [4.78, 5) is 2.10. The number of aliphatic hydroxyl groups is 2. The second-order valence-corrected chi connectivity index (χ2v) is 4.59. The zero-order valence-electron chi connectivity index (χ0n) is 9.72. The zero-order chi connectivity index (χ0) is 11.3. The smallest absolute Gasteiger partial charge is 0.0900 e. The molecule has 0 radical (unpaired) electrons. The van der Waals surface area contributed by atoms with E-state index < -0.39 is 6.10 Å². The van der Waals surface area contributed by atoms with Crippen LogP contribution in [0.3, 0.4) is 0 Å². The van der Waals surface area contributed by atoms with Crippen molar-refractivity contribution in [1.29, 1.82) is 0 Å². The lowest BCUT2D eigenvalue weighted by atomic mass is 10.1. The Morgan fingerprint density at radius 1 is 1.47 bits per heavy atom. The van der Waals surface area contributed by atoms with Crippen LogP contribution in [0.15, 0.2) is 0 Å². The van der Waals surface area contributed by atoms with E-state index in [4.69, 9.17) is 4.74 Å². The standard InChI is InChI=1S/C11H23NO3/c1-9(2)15-8-11(14)7-12-5-3-4-10(13)6-12/h9-11,13-14H,3-8H2,1-2H3/t10-,11+/m1/s1. The van der Waals surface area contributed by atoms with Gasteiger partial charge in [-0.15, -0.1) is 0 Å². The molecular formula is C11H23NO3. The molecule has 0 amide bonds. The molecule has 1 fully saturated rings. The number of likely N-dealkylation sites (tertiary alicyclic amines) is 1. The van der Waals surface area contributed by atoms with Gasteiger partial charge in [0.1, 0.15) is 0 Å². The van der Waals surface area contributed by atoms with Gasteiger partial charge in [0.15, 0.2) is 0 Å². The fourth-order valence-electron chi connectivity index (χ4n) is 1.85. The molecule has 0 saturated carbocycles. The maximum absolute atomic E-state index is 9.69. The Hall–Kier alpha value is -0.160. The van der Waals surface area contributed by atoms with Gasteiger partial charge >= 0.3 is 0 Å². The monoisotopic (exact) mass is 217 g/mol. The molecule has 0 aromatic heterocycles. The summed E-state index contributed by atoms with van der Waals surface area (Å²) >= 11 is 0. The molecule has 0 spiro atoms. The van der Waals surface area contributed by atoms with E-state index in [1.807, 2.05) is 13.8 Å². The van der Waals surface area contributed by atoms with Crippen LogP contribution < -0.4 is 0 Å². The molecule has 1 heterocycles. The molecule has 2 atom stereocenters. The normalized spacial score (nSPS) is 25.8. The summed E-state index contributed by atoms with van der Waals surface area (Å²) < 4.78 is 5.33. The van der Waals surface area contributed by atoms with E-state index in [1.165, 1.54) is 0 Å². The first-order valence-corrected chi connectivity index (χ1v) is 5.78. The van der Waals surface area contributed by atoms with Crippen molar-refractivity contribution in [3.8, 4) is 0 Å². The van der Waals surface area contributed by atoms with Crippen LogP contribution in [-0.2, 0) is 4.74 Å². The summed E-state index contributed by atoms with van der Waals surface area (Å²) in [5.74, 6) is 0. The number of piperidine rings is 1. The minimum atomic E-state index is -0.447. The van der Waals surface area contributed by atoms with Crippen LogP contribution in [0.4, 0.5) is 0 Å². The number of β-amino-alcohol motifs (C(OH)–C–C–N with tert-alkyl or cyclic N) is 2. The van der Waals surface area contributed by atoms with Crippen molar-refractivity contribution in [3.63, 3.8) is 0 Å². The molecule has 4 heteroatoms. The molecule has 1 aliphatic heterocycles. The van der Waals surface area contributed by atoms with Crippen LogP contribution in [0.2, 0.25) is 0 Å². The van der Waals surface area contributed by atoms with Crippen LogP contribution in [0.1, 0.15) is 26.7 Å². The Morgan fingerprint density at radius 2 is 2.20 bits per heavy atom. The highest BCUT2D eigenvalue weighted by molar-refractivity contribution is 4.74. The summed E-state index contributed by atoms with van der Waals surface area (Å²) in [5.41, 5.74) is 0. The van der Waals surface area contributed by atoms with E-state index in [1.54, 1.807) is 0 Å². The van der Waals surface area contributed by atoms with E-state index in [0.717, 1.165) is 19.4 Å². The Bertz CT molecular complexity index is 175. The molecule has 90 valence electrons. The first-order valence-electron chi connectivity index (χ1n) is 5.78. The van der Waals surface area contributed by atoms with Crippen molar-refractivity contribution in [1.82, 2.24) is 4.90 Å². The lowest BCUT2D eigenvalue weighted by molar-refractivity contribution is -0.0205. The topological polar surface area (TPSA) is 52.9 Å². The summed E-state index contributed by atoms with van der Waals surface area (Å²) in [6.07, 6.45) is 1.38. The number of hydrogen-bond acceptors (Lipinski definition) is 4. The van der Waals surface area contributed by atoms with E-state index in [9.17, 15) is 10.2 Å². The SMILES string of the molecule is CC(C)OC[C@@H](O)CN1CCC[C@@H](O)C1. The number of hydrogen-bond donors (Lipinski definition) is 2. The third-order valence-electron chi connectivity index (χ3n) is 2.57. The first-order chi connectivity index (χ1) is 7.08. The van der Waals surface area contributed by atoms with Gasteiger partial charge < -0.3 is 14.9 Å². The highest BCUT2D eigenvalue weighted by Crippen LogP contribution is 2.10. The molecule has 2 N–H and O–H groups in total. The van der Waals surface area contributed by atoms with Gasteiger partial charge in [0.25, 0.3) is 0 Å². The van der Waals surface area contributed by atoms with Gasteiger partial charge in [-0.1, -0.05) is 0 Å². The van der Waals surface area contributed by atoms with Crippen molar-refractivity contribution in [2.75, 3.05) is 26.2 Å². The molecule has 0 aromatic rings. The Balaban J connectivity index is 2.16. The second-order valence-electron chi connectivity index (χ2n) is 4.59. The largest absolute Gasteiger partial charge is 0.392 e. The molecule has 1 rings (SSSR count). The fourth-order valence-corrected chi connectivity index (χ4v) is 1.85. The van der Waals surface area contributed by atoms with Crippen LogP contribution in [0.5, 0.6) is 0 Å². The Morgan fingerprint density at radius 3 is 2.80 bits per heavy atom. The fraction of sp³-hybridized carbons (Fsp3) is 1.00. The summed E-state index contributed by atoms with van der Waals surface area (Å²) in [7, 11) is 0. The molecule has 0 unspecified atom stereocenters. The first kappa shape index (κ1) is 12.9. The number of rotatable bonds is 5. The number of ether oxygens (including phenoxy) is 1.